The number of aryl methyl sites for hydroxylation is 1. The number of tetrazole rings is 1. The molecule has 2 heterocycles. The molecule has 11 heteroatoms. The molecule has 0 N–H and O–H groups in total. The first-order valence-electron chi connectivity index (χ1n) is 5.93. The number of halogens is 3. The highest BCUT2D eigenvalue weighted by Crippen LogP contribution is 2.26. The van der Waals surface area contributed by atoms with Crippen molar-refractivity contribution < 1.29 is 27.1 Å². The van der Waals surface area contributed by atoms with Crippen molar-refractivity contribution in [3.63, 3.8) is 0 Å². The van der Waals surface area contributed by atoms with Gasteiger partial charge in [-0.15, -0.1) is 5.10 Å². The number of nitrogens with zero attached hydrogens (tertiary/aromatic N) is 4. The molecule has 0 aliphatic rings. The minimum absolute atomic E-state index is 0.0255. The first-order chi connectivity index (χ1) is 10.3. The van der Waals surface area contributed by atoms with Crippen LogP contribution in [0.5, 0.6) is 0 Å². The first-order valence-corrected chi connectivity index (χ1v) is 6.92. The van der Waals surface area contributed by atoms with Gasteiger partial charge in [0.15, 0.2) is 0 Å². The van der Waals surface area contributed by atoms with E-state index in [0.717, 1.165) is 11.8 Å². The van der Waals surface area contributed by atoms with Crippen molar-refractivity contribution in [2.75, 3.05) is 7.11 Å². The SMILES string of the molecule is COC(=O)c1cc(CSc2nnnn2CC(F)(F)F)c(C)o1. The summed E-state index contributed by atoms with van der Waals surface area (Å²) in [5, 5.41) is 10.1. The molecule has 2 rings (SSSR count). The van der Waals surface area contributed by atoms with Crippen molar-refractivity contribution in [1.82, 2.24) is 20.2 Å². The molecule has 0 saturated heterocycles. The van der Waals surface area contributed by atoms with Crippen LogP contribution in [0.4, 0.5) is 13.2 Å². The number of hydrogen-bond donors (Lipinski definition) is 0. The van der Waals surface area contributed by atoms with Gasteiger partial charge in [0.2, 0.25) is 10.9 Å². The smallest absolute Gasteiger partial charge is 0.408 e. The van der Waals surface area contributed by atoms with E-state index < -0.39 is 18.7 Å². The average molecular weight is 336 g/mol. The van der Waals surface area contributed by atoms with E-state index in [2.05, 4.69) is 20.3 Å². The van der Waals surface area contributed by atoms with Crippen LogP contribution >= 0.6 is 11.8 Å². The number of aromatic nitrogens is 4. The van der Waals surface area contributed by atoms with E-state index in [1.807, 2.05) is 0 Å². The van der Waals surface area contributed by atoms with E-state index in [4.69, 9.17) is 4.42 Å². The highest BCUT2D eigenvalue weighted by Gasteiger charge is 2.30. The third-order valence-corrected chi connectivity index (χ3v) is 3.60. The van der Waals surface area contributed by atoms with Gasteiger partial charge < -0.3 is 9.15 Å². The Balaban J connectivity index is 2.06. The van der Waals surface area contributed by atoms with Crippen LogP contribution in [-0.4, -0.2) is 39.5 Å². The Morgan fingerprint density at radius 1 is 1.50 bits per heavy atom. The van der Waals surface area contributed by atoms with E-state index in [1.165, 1.54) is 13.2 Å². The molecule has 2 aromatic heterocycles. The molecule has 2 aromatic rings. The monoisotopic (exact) mass is 336 g/mol. The fraction of sp³-hybridized carbons (Fsp3) is 0.455. The molecule has 22 heavy (non-hydrogen) atoms. The van der Waals surface area contributed by atoms with Gasteiger partial charge in [-0.3, -0.25) is 0 Å². The van der Waals surface area contributed by atoms with Gasteiger partial charge in [0, 0.05) is 11.3 Å². The van der Waals surface area contributed by atoms with Crippen molar-refractivity contribution in [3.8, 4) is 0 Å². The summed E-state index contributed by atoms with van der Waals surface area (Å²) in [4.78, 5) is 11.3. The summed E-state index contributed by atoms with van der Waals surface area (Å²) < 4.78 is 47.5. The van der Waals surface area contributed by atoms with Crippen molar-refractivity contribution in [3.05, 3.63) is 23.2 Å². The topological polar surface area (TPSA) is 83.0 Å². The maximum atomic E-state index is 12.4. The minimum atomic E-state index is -4.41. The van der Waals surface area contributed by atoms with Crippen LogP contribution in [0.15, 0.2) is 15.6 Å². The number of esters is 1. The molecule has 7 nitrogen and oxygen atoms in total. The van der Waals surface area contributed by atoms with Crippen LogP contribution in [0.2, 0.25) is 0 Å². The second kappa shape index (κ2) is 6.38. The molecule has 0 fully saturated rings. The molecular weight excluding hydrogens is 325 g/mol. The van der Waals surface area contributed by atoms with E-state index in [1.54, 1.807) is 6.92 Å². The van der Waals surface area contributed by atoms with E-state index in [9.17, 15) is 18.0 Å². The summed E-state index contributed by atoms with van der Waals surface area (Å²) in [6.45, 7) is 0.376. The number of thioether (sulfide) groups is 1. The van der Waals surface area contributed by atoms with Crippen LogP contribution in [0.1, 0.15) is 21.9 Å². The quantitative estimate of drug-likeness (QED) is 0.611. The van der Waals surface area contributed by atoms with Gasteiger partial charge in [0.05, 0.1) is 7.11 Å². The van der Waals surface area contributed by atoms with Crippen molar-refractivity contribution >= 4 is 17.7 Å². The minimum Gasteiger partial charge on any atom is -0.463 e. The van der Waals surface area contributed by atoms with Gasteiger partial charge >= 0.3 is 12.1 Å². The molecule has 0 aromatic carbocycles. The van der Waals surface area contributed by atoms with Gasteiger partial charge in [0.25, 0.3) is 0 Å². The molecule has 0 aliphatic carbocycles. The van der Waals surface area contributed by atoms with Crippen molar-refractivity contribution in [1.29, 1.82) is 0 Å². The predicted molar refractivity (Wildman–Crippen MR) is 68.2 cm³/mol. The lowest BCUT2D eigenvalue weighted by Crippen LogP contribution is -2.19. The fourth-order valence-electron chi connectivity index (χ4n) is 1.58. The summed E-state index contributed by atoms with van der Waals surface area (Å²) in [5.74, 6) is 0.138. The Morgan fingerprint density at radius 3 is 2.86 bits per heavy atom. The Morgan fingerprint density at radius 2 is 2.23 bits per heavy atom. The molecule has 0 radical (unpaired) electrons. The average Bonchev–Trinajstić information content (AvgIpc) is 3.00. The zero-order chi connectivity index (χ0) is 16.3. The zero-order valence-electron chi connectivity index (χ0n) is 11.5. The van der Waals surface area contributed by atoms with Crippen LogP contribution in [-0.2, 0) is 17.0 Å². The van der Waals surface area contributed by atoms with Crippen LogP contribution in [0.25, 0.3) is 0 Å². The van der Waals surface area contributed by atoms with E-state index >= 15 is 0 Å². The summed E-state index contributed by atoms with van der Waals surface area (Å²) >= 11 is 1.01. The standard InChI is InChI=1S/C11H11F3N4O3S/c1-6-7(3-8(21-6)9(19)20-2)4-22-10-15-16-17-18(10)5-11(12,13)14/h3H,4-5H2,1-2H3. The maximum absolute atomic E-state index is 12.4. The maximum Gasteiger partial charge on any atom is 0.408 e. The number of rotatable bonds is 5. The Hall–Kier alpha value is -2.04. The molecule has 120 valence electrons. The second-order valence-electron chi connectivity index (χ2n) is 4.21. The third-order valence-electron chi connectivity index (χ3n) is 2.59. The number of furan rings is 1. The predicted octanol–water partition coefficient (Wildman–Crippen LogP) is 2.22. The summed E-state index contributed by atoms with van der Waals surface area (Å²) in [6, 6.07) is 1.48. The highest BCUT2D eigenvalue weighted by molar-refractivity contribution is 7.98. The number of alkyl halides is 3. The summed E-state index contributed by atoms with van der Waals surface area (Å²) in [6.07, 6.45) is -4.41. The highest BCUT2D eigenvalue weighted by atomic mass is 32.2. The number of carbonyl (C=O) groups excluding carboxylic acids is 1. The van der Waals surface area contributed by atoms with Crippen LogP contribution < -0.4 is 0 Å². The zero-order valence-corrected chi connectivity index (χ0v) is 12.4. The van der Waals surface area contributed by atoms with Crippen LogP contribution in [0.3, 0.4) is 0 Å². The molecule has 0 bridgehead atoms. The Bertz CT molecular complexity index is 668. The lowest BCUT2D eigenvalue weighted by atomic mass is 10.3. The van der Waals surface area contributed by atoms with Crippen LogP contribution in [0, 0.1) is 6.92 Å². The number of carbonyl (C=O) groups is 1. The Labute approximate surface area is 126 Å². The molecule has 0 aliphatic heterocycles. The number of methoxy groups -OCH3 is 1. The number of hydrogen-bond acceptors (Lipinski definition) is 7. The van der Waals surface area contributed by atoms with Crippen molar-refractivity contribution in [2.45, 2.75) is 30.6 Å². The summed E-state index contributed by atoms with van der Waals surface area (Å²) in [5.41, 5.74) is 0.645. The Kier molecular flexibility index (Phi) is 4.74. The fourth-order valence-corrected chi connectivity index (χ4v) is 2.49. The lowest BCUT2D eigenvalue weighted by molar-refractivity contribution is -0.144. The van der Waals surface area contributed by atoms with Gasteiger partial charge in [0.1, 0.15) is 12.3 Å². The van der Waals surface area contributed by atoms with Gasteiger partial charge in [-0.05, 0) is 23.4 Å². The molecular formula is C11H11F3N4O3S. The lowest BCUT2D eigenvalue weighted by Gasteiger charge is -2.07. The first kappa shape index (κ1) is 16.3. The van der Waals surface area contributed by atoms with Gasteiger partial charge in [-0.1, -0.05) is 11.8 Å². The number of ether oxygens (including phenoxy) is 1. The van der Waals surface area contributed by atoms with E-state index in [-0.39, 0.29) is 16.7 Å². The van der Waals surface area contributed by atoms with Gasteiger partial charge in [-0.2, -0.15) is 13.2 Å². The normalized spacial score (nSPS) is 11.7. The van der Waals surface area contributed by atoms with Gasteiger partial charge in [-0.25, -0.2) is 9.48 Å². The molecule has 0 spiro atoms. The molecule has 0 amide bonds. The largest absolute Gasteiger partial charge is 0.463 e. The molecule has 0 saturated carbocycles. The second-order valence-corrected chi connectivity index (χ2v) is 5.15. The third kappa shape index (κ3) is 4.00. The molecule has 0 atom stereocenters. The summed E-state index contributed by atoms with van der Waals surface area (Å²) in [7, 11) is 1.22. The molecule has 0 unspecified atom stereocenters. The van der Waals surface area contributed by atoms with Crippen molar-refractivity contribution in [2.24, 2.45) is 0 Å². The van der Waals surface area contributed by atoms with E-state index in [0.29, 0.717) is 16.0 Å².